The van der Waals surface area contributed by atoms with E-state index in [-0.39, 0.29) is 6.04 Å². The van der Waals surface area contributed by atoms with Crippen LogP contribution >= 0.6 is 23.2 Å². The van der Waals surface area contributed by atoms with Gasteiger partial charge in [-0.1, -0.05) is 80.0 Å². The Morgan fingerprint density at radius 1 is 0.932 bits per heavy atom. The summed E-state index contributed by atoms with van der Waals surface area (Å²) in [4.78, 5) is 17.1. The summed E-state index contributed by atoms with van der Waals surface area (Å²) in [7, 11) is 0. The second kappa shape index (κ2) is 17.7. The summed E-state index contributed by atoms with van der Waals surface area (Å²) in [5, 5.41) is 5.98. The van der Waals surface area contributed by atoms with Crippen LogP contribution in [0.3, 0.4) is 0 Å². The number of likely N-dealkylation sites (tertiary alicyclic amines) is 1. The average molecular weight is 636 g/mol. The lowest BCUT2D eigenvalue weighted by Gasteiger charge is -2.39. The zero-order valence-electron chi connectivity index (χ0n) is 26.6. The standard InChI is InChI=1S/C30H35Cl2N5.C6H13N/c1-4-16-33-30-26-8-6-7-9-27(26)34-28(35-30)21-36-17-19-37(20-18-36)29(22(3)10-13-24(31)5-2)23-11-14-25(32)15-12-23;1-2-7-5-3-4-6-7/h5-15,29H,3-4,16-21H2,1-2H3,(H,33,34,35);2-6H2,1H3/b13-10-,24-5+;. The third-order valence-electron chi connectivity index (χ3n) is 8.24. The summed E-state index contributed by atoms with van der Waals surface area (Å²) >= 11 is 12.4. The van der Waals surface area contributed by atoms with E-state index in [0.29, 0.717) is 5.03 Å². The molecule has 0 amide bonds. The van der Waals surface area contributed by atoms with Crippen molar-refractivity contribution in [3.05, 3.63) is 100 Å². The Balaban J connectivity index is 0.000000555. The van der Waals surface area contributed by atoms with Crippen molar-refractivity contribution in [2.45, 2.75) is 52.6 Å². The normalized spacial score (nSPS) is 17.5. The predicted octanol–water partition coefficient (Wildman–Crippen LogP) is 8.32. The maximum absolute atomic E-state index is 6.22. The minimum atomic E-state index is 0.0544. The fourth-order valence-corrected chi connectivity index (χ4v) is 5.92. The van der Waals surface area contributed by atoms with E-state index >= 15 is 0 Å². The van der Waals surface area contributed by atoms with Gasteiger partial charge < -0.3 is 10.2 Å². The van der Waals surface area contributed by atoms with Gasteiger partial charge in [0.05, 0.1) is 18.1 Å². The number of fused-ring (bicyclic) bond motifs is 1. The first-order valence-corrected chi connectivity index (χ1v) is 16.8. The Hall–Kier alpha value is -2.74. The Morgan fingerprint density at radius 2 is 1.64 bits per heavy atom. The molecule has 3 heterocycles. The zero-order valence-corrected chi connectivity index (χ0v) is 28.1. The molecule has 1 atom stereocenters. The first kappa shape index (κ1) is 34.1. The lowest BCUT2D eigenvalue weighted by atomic mass is 9.96. The molecule has 0 bridgehead atoms. The van der Waals surface area contributed by atoms with Gasteiger partial charge in [0.2, 0.25) is 0 Å². The van der Waals surface area contributed by atoms with E-state index in [2.05, 4.69) is 64.7 Å². The van der Waals surface area contributed by atoms with Crippen molar-refractivity contribution in [1.29, 1.82) is 0 Å². The smallest absolute Gasteiger partial charge is 0.145 e. The van der Waals surface area contributed by atoms with Crippen LogP contribution in [0.1, 0.15) is 57.5 Å². The van der Waals surface area contributed by atoms with E-state index in [1.165, 1.54) is 38.0 Å². The fraction of sp³-hybridized carbons (Fsp3) is 0.444. The highest BCUT2D eigenvalue weighted by Crippen LogP contribution is 2.31. The van der Waals surface area contributed by atoms with Crippen LogP contribution in [0.2, 0.25) is 5.02 Å². The third kappa shape index (κ3) is 9.88. The number of para-hydroxylation sites is 1. The number of allylic oxidation sites excluding steroid dienone is 3. The lowest BCUT2D eigenvalue weighted by Crippen LogP contribution is -2.47. The molecule has 1 aromatic heterocycles. The van der Waals surface area contributed by atoms with Crippen molar-refractivity contribution >= 4 is 39.9 Å². The van der Waals surface area contributed by atoms with Crippen LogP contribution in [0.25, 0.3) is 10.9 Å². The Kier molecular flexibility index (Phi) is 13.7. The first-order valence-electron chi connectivity index (χ1n) is 16.0. The number of benzene rings is 2. The third-order valence-corrected chi connectivity index (χ3v) is 8.84. The van der Waals surface area contributed by atoms with Crippen molar-refractivity contribution in [3.63, 3.8) is 0 Å². The van der Waals surface area contributed by atoms with Crippen LogP contribution in [-0.4, -0.2) is 77.0 Å². The van der Waals surface area contributed by atoms with Crippen molar-refractivity contribution < 1.29 is 0 Å². The number of nitrogens with zero attached hydrogens (tertiary/aromatic N) is 5. The summed E-state index contributed by atoms with van der Waals surface area (Å²) < 4.78 is 0. The minimum absolute atomic E-state index is 0.0544. The molecule has 0 radical (unpaired) electrons. The number of nitrogens with one attached hydrogen (secondary N) is 1. The van der Waals surface area contributed by atoms with E-state index < -0.39 is 0 Å². The lowest BCUT2D eigenvalue weighted by molar-refractivity contribution is 0.103. The van der Waals surface area contributed by atoms with E-state index in [0.717, 1.165) is 78.8 Å². The summed E-state index contributed by atoms with van der Waals surface area (Å²) in [6.07, 6.45) is 9.69. The average Bonchev–Trinajstić information content (AvgIpc) is 3.59. The molecule has 6 nitrogen and oxygen atoms in total. The molecule has 2 aromatic carbocycles. The SMILES string of the molecule is C=C(/C=C\C(Cl)=C/C)C(c1ccc(Cl)cc1)N1CCN(Cc2nc(NCCC)c3ccccc3n2)CC1.CCN1CCCC1. The summed E-state index contributed by atoms with van der Waals surface area (Å²) in [6, 6.07) is 16.3. The molecule has 8 heteroatoms. The van der Waals surface area contributed by atoms with Gasteiger partial charge in [-0.05, 0) is 87.3 Å². The number of rotatable bonds is 11. The van der Waals surface area contributed by atoms with Gasteiger partial charge in [-0.2, -0.15) is 0 Å². The highest BCUT2D eigenvalue weighted by atomic mass is 35.5. The van der Waals surface area contributed by atoms with Crippen LogP contribution in [-0.2, 0) is 6.54 Å². The first-order chi connectivity index (χ1) is 21.4. The number of hydrogen-bond acceptors (Lipinski definition) is 6. The van der Waals surface area contributed by atoms with Gasteiger partial charge in [0, 0.05) is 48.2 Å². The molecule has 0 saturated carbocycles. The highest BCUT2D eigenvalue weighted by Gasteiger charge is 2.27. The topological polar surface area (TPSA) is 47.5 Å². The molecule has 44 heavy (non-hydrogen) atoms. The molecule has 0 aliphatic carbocycles. The van der Waals surface area contributed by atoms with Gasteiger partial charge in [0.15, 0.2) is 0 Å². The molecular weight excluding hydrogens is 587 g/mol. The quantitative estimate of drug-likeness (QED) is 0.214. The Bertz CT molecular complexity index is 1390. The maximum Gasteiger partial charge on any atom is 0.145 e. The second-order valence-electron chi connectivity index (χ2n) is 11.4. The second-order valence-corrected chi connectivity index (χ2v) is 12.3. The molecule has 0 spiro atoms. The van der Waals surface area contributed by atoms with Gasteiger partial charge >= 0.3 is 0 Å². The van der Waals surface area contributed by atoms with Crippen molar-refractivity contribution in [1.82, 2.24) is 24.7 Å². The van der Waals surface area contributed by atoms with Crippen LogP contribution in [0.5, 0.6) is 0 Å². The van der Waals surface area contributed by atoms with E-state index in [1.807, 2.05) is 49.4 Å². The molecule has 5 rings (SSSR count). The van der Waals surface area contributed by atoms with Gasteiger partial charge in [-0.25, -0.2) is 9.97 Å². The van der Waals surface area contributed by atoms with Crippen LogP contribution in [0, 0.1) is 0 Å². The number of anilines is 1. The summed E-state index contributed by atoms with van der Waals surface area (Å²) in [5.41, 5.74) is 3.16. The number of halogens is 2. The summed E-state index contributed by atoms with van der Waals surface area (Å²) in [5.74, 6) is 1.78. The van der Waals surface area contributed by atoms with Crippen LogP contribution in [0.15, 0.2) is 83.9 Å². The van der Waals surface area contributed by atoms with Crippen LogP contribution in [0.4, 0.5) is 5.82 Å². The molecule has 1 N–H and O–H groups in total. The summed E-state index contributed by atoms with van der Waals surface area (Å²) in [6.45, 7) is 19.9. The molecular formula is C36H48Cl2N6. The molecule has 1 unspecified atom stereocenters. The van der Waals surface area contributed by atoms with Gasteiger partial charge in [-0.3, -0.25) is 9.80 Å². The van der Waals surface area contributed by atoms with E-state index in [1.54, 1.807) is 0 Å². The number of hydrogen-bond donors (Lipinski definition) is 1. The monoisotopic (exact) mass is 634 g/mol. The van der Waals surface area contributed by atoms with E-state index in [4.69, 9.17) is 33.2 Å². The highest BCUT2D eigenvalue weighted by molar-refractivity contribution is 6.31. The molecule has 2 aliphatic rings. The van der Waals surface area contributed by atoms with Gasteiger partial charge in [0.25, 0.3) is 0 Å². The van der Waals surface area contributed by atoms with Crippen molar-refractivity contribution in [3.8, 4) is 0 Å². The maximum atomic E-state index is 6.22. The Labute approximate surface area is 274 Å². The van der Waals surface area contributed by atoms with Crippen molar-refractivity contribution in [2.75, 3.05) is 57.7 Å². The fourth-order valence-electron chi connectivity index (χ4n) is 5.73. The molecule has 2 fully saturated rings. The molecule has 3 aromatic rings. The largest absolute Gasteiger partial charge is 0.369 e. The van der Waals surface area contributed by atoms with Crippen LogP contribution < -0.4 is 5.32 Å². The van der Waals surface area contributed by atoms with Gasteiger partial charge in [0.1, 0.15) is 11.6 Å². The number of piperazine rings is 1. The number of aromatic nitrogens is 2. The van der Waals surface area contributed by atoms with Crippen molar-refractivity contribution in [2.24, 2.45) is 0 Å². The van der Waals surface area contributed by atoms with E-state index in [9.17, 15) is 0 Å². The molecule has 2 aliphatic heterocycles. The predicted molar refractivity (Wildman–Crippen MR) is 189 cm³/mol. The molecule has 236 valence electrons. The van der Waals surface area contributed by atoms with Gasteiger partial charge in [-0.15, -0.1) is 0 Å². The minimum Gasteiger partial charge on any atom is -0.369 e. The Morgan fingerprint density at radius 3 is 2.27 bits per heavy atom. The molecule has 2 saturated heterocycles. The zero-order chi connectivity index (χ0) is 31.3.